The fourth-order valence-electron chi connectivity index (χ4n) is 2.57. The number of para-hydroxylation sites is 1. The molecule has 1 aromatic rings. The molecule has 0 spiro atoms. The Kier molecular flexibility index (Phi) is 2.91. The summed E-state index contributed by atoms with van der Waals surface area (Å²) in [5.74, 6) is 0.427. The Morgan fingerprint density at radius 1 is 1.31 bits per heavy atom. The largest absolute Gasteiger partial charge is 0.631 e. The highest BCUT2D eigenvalue weighted by atomic mass is 16.6. The summed E-state index contributed by atoms with van der Waals surface area (Å²) < 4.78 is -0.146. The Morgan fingerprint density at radius 2 is 1.94 bits per heavy atom. The molecule has 1 fully saturated rings. The van der Waals surface area contributed by atoms with E-state index in [1.807, 2.05) is 18.2 Å². The summed E-state index contributed by atoms with van der Waals surface area (Å²) in [5.41, 5.74) is 1.16. The van der Waals surface area contributed by atoms with Crippen LogP contribution in [-0.4, -0.2) is 30.9 Å². The lowest BCUT2D eigenvalue weighted by Gasteiger charge is -2.40. The quantitative estimate of drug-likeness (QED) is 0.565. The van der Waals surface area contributed by atoms with Gasteiger partial charge in [0.1, 0.15) is 6.04 Å². The molecule has 88 valence electrons. The highest BCUT2D eigenvalue weighted by Gasteiger charge is 2.38. The van der Waals surface area contributed by atoms with Gasteiger partial charge < -0.3 is 14.8 Å². The molecule has 0 amide bonds. The Morgan fingerprint density at radius 3 is 2.44 bits per heavy atom. The molecular formula is C13H20N2O. The molecule has 0 aromatic heterocycles. The first-order chi connectivity index (χ1) is 7.50. The van der Waals surface area contributed by atoms with Crippen LogP contribution < -0.4 is 4.90 Å². The van der Waals surface area contributed by atoms with Crippen LogP contribution in [0.1, 0.15) is 13.8 Å². The fourth-order valence-corrected chi connectivity index (χ4v) is 2.57. The van der Waals surface area contributed by atoms with E-state index in [1.165, 1.54) is 0 Å². The predicted molar refractivity (Wildman–Crippen MR) is 66.8 cm³/mol. The Bertz CT molecular complexity index is 348. The molecule has 1 aliphatic rings. The van der Waals surface area contributed by atoms with Crippen LogP contribution in [0.3, 0.4) is 0 Å². The summed E-state index contributed by atoms with van der Waals surface area (Å²) in [6.07, 6.45) is 0. The molecule has 3 heteroatoms. The van der Waals surface area contributed by atoms with Crippen LogP contribution in [0.25, 0.3) is 0 Å². The van der Waals surface area contributed by atoms with Gasteiger partial charge in [-0.05, 0) is 12.1 Å². The third-order valence-corrected chi connectivity index (χ3v) is 3.45. The first-order valence-electron chi connectivity index (χ1n) is 5.87. The van der Waals surface area contributed by atoms with Crippen LogP contribution in [-0.2, 0) is 0 Å². The molecule has 2 rings (SSSR count). The Labute approximate surface area is 97.5 Å². The second-order valence-electron chi connectivity index (χ2n) is 5.18. The van der Waals surface area contributed by atoms with Gasteiger partial charge in [-0.3, -0.25) is 0 Å². The van der Waals surface area contributed by atoms with Crippen LogP contribution in [0, 0.1) is 11.1 Å². The number of hydrogen-bond donors (Lipinski definition) is 0. The van der Waals surface area contributed by atoms with E-state index in [4.69, 9.17) is 0 Å². The molecule has 1 heterocycles. The van der Waals surface area contributed by atoms with E-state index in [2.05, 4.69) is 30.9 Å². The first kappa shape index (κ1) is 11.4. The highest BCUT2D eigenvalue weighted by Crippen LogP contribution is 2.29. The summed E-state index contributed by atoms with van der Waals surface area (Å²) in [4.78, 5) is 2.19. The minimum atomic E-state index is -0.146. The number of quaternary nitrogens is 1. The van der Waals surface area contributed by atoms with E-state index in [-0.39, 0.29) is 10.7 Å². The van der Waals surface area contributed by atoms with Crippen molar-refractivity contribution in [1.82, 2.24) is 0 Å². The fraction of sp³-hybridized carbons (Fsp3) is 0.538. The second kappa shape index (κ2) is 4.07. The van der Waals surface area contributed by atoms with Crippen molar-refractivity contribution in [3.05, 3.63) is 35.5 Å². The van der Waals surface area contributed by atoms with Crippen LogP contribution in [0.2, 0.25) is 0 Å². The summed E-state index contributed by atoms with van der Waals surface area (Å²) in [5, 5.41) is 12.4. The summed E-state index contributed by atoms with van der Waals surface area (Å²) in [6.45, 7) is 5.69. The van der Waals surface area contributed by atoms with Gasteiger partial charge in [-0.15, -0.1) is 0 Å². The minimum absolute atomic E-state index is 0.146. The molecule has 16 heavy (non-hydrogen) atoms. The lowest BCUT2D eigenvalue weighted by Crippen LogP contribution is -2.46. The minimum Gasteiger partial charge on any atom is -0.631 e. The maximum Gasteiger partial charge on any atom is 0.154 e. The van der Waals surface area contributed by atoms with Crippen LogP contribution in [0.4, 0.5) is 5.69 Å². The number of hydroxylamine groups is 3. The van der Waals surface area contributed by atoms with Gasteiger partial charge >= 0.3 is 0 Å². The van der Waals surface area contributed by atoms with Gasteiger partial charge in [0.15, 0.2) is 6.67 Å². The zero-order chi connectivity index (χ0) is 11.8. The lowest BCUT2D eigenvalue weighted by molar-refractivity contribution is -0.875. The molecule has 3 nitrogen and oxygen atoms in total. The van der Waals surface area contributed by atoms with E-state index < -0.39 is 0 Å². The molecular weight excluding hydrogens is 200 g/mol. The van der Waals surface area contributed by atoms with Crippen LogP contribution in [0.5, 0.6) is 0 Å². The van der Waals surface area contributed by atoms with Gasteiger partial charge in [0.2, 0.25) is 0 Å². The van der Waals surface area contributed by atoms with Gasteiger partial charge in [0.25, 0.3) is 0 Å². The van der Waals surface area contributed by atoms with Crippen molar-refractivity contribution >= 4 is 5.69 Å². The molecule has 2 unspecified atom stereocenters. The Balaban J connectivity index is 2.18. The maximum atomic E-state index is 12.4. The van der Waals surface area contributed by atoms with Crippen molar-refractivity contribution in [1.29, 1.82) is 0 Å². The van der Waals surface area contributed by atoms with Gasteiger partial charge in [0, 0.05) is 11.6 Å². The zero-order valence-electron chi connectivity index (χ0n) is 10.3. The van der Waals surface area contributed by atoms with Gasteiger partial charge in [0.05, 0.1) is 13.6 Å². The average molecular weight is 220 g/mol. The first-order valence-corrected chi connectivity index (χ1v) is 5.87. The monoisotopic (exact) mass is 220 g/mol. The lowest BCUT2D eigenvalue weighted by atomic mass is 10.0. The van der Waals surface area contributed by atoms with E-state index in [1.54, 1.807) is 7.05 Å². The van der Waals surface area contributed by atoms with Crippen molar-refractivity contribution < 1.29 is 4.65 Å². The summed E-state index contributed by atoms with van der Waals surface area (Å²) in [6, 6.07) is 10.4. The third kappa shape index (κ3) is 2.06. The molecule has 0 N–H and O–H groups in total. The van der Waals surface area contributed by atoms with Crippen molar-refractivity contribution in [2.45, 2.75) is 19.9 Å². The molecule has 1 aliphatic heterocycles. The van der Waals surface area contributed by atoms with Gasteiger partial charge in [-0.25, -0.2) is 0 Å². The number of nitrogens with zero attached hydrogens (tertiary/aromatic N) is 2. The Hall–Kier alpha value is -1.06. The maximum absolute atomic E-state index is 12.4. The van der Waals surface area contributed by atoms with Crippen molar-refractivity contribution in [3.8, 4) is 0 Å². The number of likely N-dealkylation sites (N-methyl/N-ethyl adjacent to an activating group) is 1. The van der Waals surface area contributed by atoms with E-state index in [0.717, 1.165) is 12.2 Å². The molecule has 0 saturated carbocycles. The molecule has 1 saturated heterocycles. The number of hydrogen-bond acceptors (Lipinski definition) is 2. The van der Waals surface area contributed by atoms with E-state index in [0.29, 0.717) is 12.6 Å². The SMILES string of the molecule is CC(C)C1CN(c2ccccc2)C[N+]1(C)[O-]. The molecule has 1 aromatic carbocycles. The van der Waals surface area contributed by atoms with Gasteiger partial charge in [-0.2, -0.15) is 0 Å². The summed E-state index contributed by atoms with van der Waals surface area (Å²) in [7, 11) is 1.79. The van der Waals surface area contributed by atoms with Crippen molar-refractivity contribution in [3.63, 3.8) is 0 Å². The number of anilines is 1. The normalized spacial score (nSPS) is 30.1. The van der Waals surface area contributed by atoms with Crippen molar-refractivity contribution in [2.24, 2.45) is 5.92 Å². The molecule has 0 bridgehead atoms. The molecule has 2 atom stereocenters. The van der Waals surface area contributed by atoms with Crippen molar-refractivity contribution in [2.75, 3.05) is 25.2 Å². The standard InChI is InChI=1S/C13H20N2O/c1-11(2)13-9-14(10-15(13,3)16)12-7-5-4-6-8-12/h4-8,11,13H,9-10H2,1-3H3. The third-order valence-electron chi connectivity index (χ3n) is 3.45. The zero-order valence-corrected chi connectivity index (χ0v) is 10.3. The number of rotatable bonds is 2. The smallest absolute Gasteiger partial charge is 0.154 e. The highest BCUT2D eigenvalue weighted by molar-refractivity contribution is 5.46. The van der Waals surface area contributed by atoms with E-state index in [9.17, 15) is 5.21 Å². The van der Waals surface area contributed by atoms with Crippen LogP contribution >= 0.6 is 0 Å². The second-order valence-corrected chi connectivity index (χ2v) is 5.18. The average Bonchev–Trinajstić information content (AvgIpc) is 2.56. The predicted octanol–water partition coefficient (Wildman–Crippen LogP) is 2.43. The summed E-state index contributed by atoms with van der Waals surface area (Å²) >= 11 is 0. The topological polar surface area (TPSA) is 26.3 Å². The van der Waals surface area contributed by atoms with Gasteiger partial charge in [-0.1, -0.05) is 32.0 Å². The molecule has 0 aliphatic carbocycles. The number of benzene rings is 1. The van der Waals surface area contributed by atoms with Crippen LogP contribution in [0.15, 0.2) is 30.3 Å². The van der Waals surface area contributed by atoms with E-state index >= 15 is 0 Å². The molecule has 0 radical (unpaired) electrons.